The second-order valence-corrected chi connectivity index (χ2v) is 5.72. The number of rotatable bonds is 1. The van der Waals surface area contributed by atoms with E-state index in [2.05, 4.69) is 5.32 Å². The smallest absolute Gasteiger partial charge is 0.341 e. The van der Waals surface area contributed by atoms with Crippen molar-refractivity contribution in [3.8, 4) is 0 Å². The summed E-state index contributed by atoms with van der Waals surface area (Å²) in [7, 11) is 0. The van der Waals surface area contributed by atoms with Crippen LogP contribution in [0.2, 0.25) is 0 Å². The normalized spacial score (nSPS) is 33.3. The van der Waals surface area contributed by atoms with E-state index in [9.17, 15) is 18.0 Å². The van der Waals surface area contributed by atoms with Crippen LogP contribution in [-0.2, 0) is 4.79 Å². The molecule has 0 radical (unpaired) electrons. The van der Waals surface area contributed by atoms with E-state index in [1.807, 2.05) is 6.92 Å². The van der Waals surface area contributed by atoms with Crippen LogP contribution in [-0.4, -0.2) is 42.2 Å². The number of hydrogen-bond donors (Lipinski definition) is 1. The van der Waals surface area contributed by atoms with Crippen molar-refractivity contribution in [2.45, 2.75) is 57.3 Å². The Kier molecular flexibility index (Phi) is 4.38. The lowest BCUT2D eigenvalue weighted by atomic mass is 9.94. The molecule has 2 rings (SSSR count). The Morgan fingerprint density at radius 3 is 2.58 bits per heavy atom. The number of carbonyl (C=O) groups is 1. The van der Waals surface area contributed by atoms with Crippen LogP contribution in [0.15, 0.2) is 0 Å². The molecule has 0 aliphatic carbocycles. The summed E-state index contributed by atoms with van der Waals surface area (Å²) in [5, 5.41) is 3.19. The SMILES string of the molecule is CC1CCCC(C(=O)N2CCCC(C(F)(F)F)C2)N1. The van der Waals surface area contributed by atoms with Gasteiger partial charge in [-0.15, -0.1) is 0 Å². The maximum Gasteiger partial charge on any atom is 0.393 e. The van der Waals surface area contributed by atoms with Crippen molar-refractivity contribution in [3.63, 3.8) is 0 Å². The third kappa shape index (κ3) is 3.61. The number of likely N-dealkylation sites (tertiary alicyclic amines) is 1. The van der Waals surface area contributed by atoms with E-state index in [1.54, 1.807) is 0 Å². The highest BCUT2D eigenvalue weighted by atomic mass is 19.4. The Balaban J connectivity index is 1.95. The Hall–Kier alpha value is -0.780. The maximum absolute atomic E-state index is 12.7. The molecule has 0 saturated carbocycles. The van der Waals surface area contributed by atoms with Crippen molar-refractivity contribution in [2.75, 3.05) is 13.1 Å². The number of halogens is 3. The van der Waals surface area contributed by atoms with E-state index in [4.69, 9.17) is 0 Å². The molecule has 2 aliphatic heterocycles. The van der Waals surface area contributed by atoms with Crippen LogP contribution >= 0.6 is 0 Å². The molecular formula is C13H21F3N2O. The van der Waals surface area contributed by atoms with Crippen LogP contribution in [0.4, 0.5) is 13.2 Å². The summed E-state index contributed by atoms with van der Waals surface area (Å²) in [5.74, 6) is -1.51. The molecule has 3 nitrogen and oxygen atoms in total. The third-order valence-corrected chi connectivity index (χ3v) is 4.11. The first kappa shape index (κ1) is 14.6. The van der Waals surface area contributed by atoms with E-state index in [1.165, 1.54) is 4.90 Å². The van der Waals surface area contributed by atoms with Gasteiger partial charge < -0.3 is 10.2 Å². The van der Waals surface area contributed by atoms with Gasteiger partial charge >= 0.3 is 6.18 Å². The predicted molar refractivity (Wildman–Crippen MR) is 65.6 cm³/mol. The zero-order valence-corrected chi connectivity index (χ0v) is 11.2. The molecule has 2 aliphatic rings. The fourth-order valence-corrected chi connectivity index (χ4v) is 3.00. The molecule has 1 amide bonds. The Morgan fingerprint density at radius 1 is 1.21 bits per heavy atom. The van der Waals surface area contributed by atoms with Gasteiger partial charge in [-0.25, -0.2) is 0 Å². The highest BCUT2D eigenvalue weighted by Crippen LogP contribution is 2.33. The maximum atomic E-state index is 12.7. The molecule has 110 valence electrons. The number of hydrogen-bond acceptors (Lipinski definition) is 2. The molecule has 6 heteroatoms. The molecule has 2 saturated heterocycles. The number of nitrogens with one attached hydrogen (secondary N) is 1. The summed E-state index contributed by atoms with van der Waals surface area (Å²) in [6.07, 6.45) is -0.890. The van der Waals surface area contributed by atoms with Gasteiger partial charge in [0.05, 0.1) is 12.0 Å². The van der Waals surface area contributed by atoms with Gasteiger partial charge in [0.2, 0.25) is 5.91 Å². The molecule has 2 fully saturated rings. The number of piperidine rings is 2. The summed E-state index contributed by atoms with van der Waals surface area (Å²) >= 11 is 0. The van der Waals surface area contributed by atoms with Gasteiger partial charge in [0.25, 0.3) is 0 Å². The van der Waals surface area contributed by atoms with E-state index >= 15 is 0 Å². The van der Waals surface area contributed by atoms with Gasteiger partial charge in [-0.3, -0.25) is 4.79 Å². The van der Waals surface area contributed by atoms with Gasteiger partial charge in [-0.05, 0) is 39.0 Å². The largest absolute Gasteiger partial charge is 0.393 e. The number of nitrogens with zero attached hydrogens (tertiary/aromatic N) is 1. The fourth-order valence-electron chi connectivity index (χ4n) is 3.00. The molecule has 19 heavy (non-hydrogen) atoms. The van der Waals surface area contributed by atoms with Crippen LogP contribution in [0.5, 0.6) is 0 Å². The van der Waals surface area contributed by atoms with Crippen molar-refractivity contribution in [1.29, 1.82) is 0 Å². The van der Waals surface area contributed by atoms with Crippen molar-refractivity contribution < 1.29 is 18.0 Å². The Morgan fingerprint density at radius 2 is 1.95 bits per heavy atom. The summed E-state index contributed by atoms with van der Waals surface area (Å²) in [5.41, 5.74) is 0. The molecule has 3 atom stereocenters. The minimum absolute atomic E-state index is 0.141. The van der Waals surface area contributed by atoms with E-state index in [0.29, 0.717) is 13.0 Å². The lowest BCUT2D eigenvalue weighted by Crippen LogP contribution is -2.54. The quantitative estimate of drug-likeness (QED) is 0.798. The summed E-state index contributed by atoms with van der Waals surface area (Å²) in [6, 6.07) is -0.0263. The molecule has 0 bridgehead atoms. The zero-order valence-electron chi connectivity index (χ0n) is 11.2. The lowest BCUT2D eigenvalue weighted by Gasteiger charge is -2.37. The van der Waals surface area contributed by atoms with E-state index in [-0.39, 0.29) is 31.0 Å². The number of amides is 1. The van der Waals surface area contributed by atoms with Gasteiger partial charge in [-0.1, -0.05) is 0 Å². The highest BCUT2D eigenvalue weighted by molar-refractivity contribution is 5.82. The van der Waals surface area contributed by atoms with E-state index < -0.39 is 12.1 Å². The Bertz CT molecular complexity index is 332. The fraction of sp³-hybridized carbons (Fsp3) is 0.923. The van der Waals surface area contributed by atoms with Crippen LogP contribution in [0, 0.1) is 5.92 Å². The standard InChI is InChI=1S/C13H21F3N2O/c1-9-4-2-6-11(17-9)12(19)18-7-3-5-10(8-18)13(14,15)16/h9-11,17H,2-8H2,1H3. The Labute approximate surface area is 111 Å². The van der Waals surface area contributed by atoms with Crippen LogP contribution < -0.4 is 5.32 Å². The van der Waals surface area contributed by atoms with Gasteiger partial charge in [0, 0.05) is 19.1 Å². The highest BCUT2D eigenvalue weighted by Gasteiger charge is 2.43. The first-order valence-electron chi connectivity index (χ1n) is 6.99. The molecule has 0 spiro atoms. The molecule has 0 aromatic heterocycles. The lowest BCUT2D eigenvalue weighted by molar-refractivity contribution is -0.188. The molecular weight excluding hydrogens is 257 g/mol. The summed E-state index contributed by atoms with van der Waals surface area (Å²) < 4.78 is 38.2. The first-order valence-corrected chi connectivity index (χ1v) is 6.99. The van der Waals surface area contributed by atoms with Crippen LogP contribution in [0.25, 0.3) is 0 Å². The number of carbonyl (C=O) groups excluding carboxylic acids is 1. The van der Waals surface area contributed by atoms with Crippen molar-refractivity contribution in [3.05, 3.63) is 0 Å². The van der Waals surface area contributed by atoms with Crippen LogP contribution in [0.1, 0.15) is 39.0 Å². The number of alkyl halides is 3. The first-order chi connectivity index (χ1) is 8.88. The molecule has 2 heterocycles. The second-order valence-electron chi connectivity index (χ2n) is 5.72. The zero-order chi connectivity index (χ0) is 14.0. The second kappa shape index (κ2) is 5.69. The van der Waals surface area contributed by atoms with Gasteiger partial charge in [0.15, 0.2) is 0 Å². The monoisotopic (exact) mass is 278 g/mol. The van der Waals surface area contributed by atoms with Gasteiger partial charge in [0.1, 0.15) is 0 Å². The predicted octanol–water partition coefficient (Wildman–Crippen LogP) is 2.32. The average molecular weight is 278 g/mol. The molecule has 0 aromatic carbocycles. The van der Waals surface area contributed by atoms with E-state index in [0.717, 1.165) is 19.3 Å². The minimum atomic E-state index is -4.19. The van der Waals surface area contributed by atoms with Crippen molar-refractivity contribution in [1.82, 2.24) is 10.2 Å². The minimum Gasteiger partial charge on any atom is -0.341 e. The molecule has 1 N–H and O–H groups in total. The topological polar surface area (TPSA) is 32.3 Å². The summed E-state index contributed by atoms with van der Waals surface area (Å²) in [6.45, 7) is 2.29. The summed E-state index contributed by atoms with van der Waals surface area (Å²) in [4.78, 5) is 13.7. The molecule has 3 unspecified atom stereocenters. The van der Waals surface area contributed by atoms with Crippen molar-refractivity contribution in [2.24, 2.45) is 5.92 Å². The van der Waals surface area contributed by atoms with Gasteiger partial charge in [-0.2, -0.15) is 13.2 Å². The average Bonchev–Trinajstić information content (AvgIpc) is 2.37. The van der Waals surface area contributed by atoms with Crippen molar-refractivity contribution >= 4 is 5.91 Å². The van der Waals surface area contributed by atoms with Crippen LogP contribution in [0.3, 0.4) is 0 Å². The molecule has 0 aromatic rings. The third-order valence-electron chi connectivity index (χ3n) is 4.11.